The summed E-state index contributed by atoms with van der Waals surface area (Å²) in [6.45, 7) is 7.96. The smallest absolute Gasteiger partial charge is 0.264 e. The van der Waals surface area contributed by atoms with Gasteiger partial charge >= 0.3 is 0 Å². The van der Waals surface area contributed by atoms with E-state index in [4.69, 9.17) is 4.74 Å². The molecular weight excluding hydrogens is 556 g/mol. The molecule has 0 aliphatic heterocycles. The summed E-state index contributed by atoms with van der Waals surface area (Å²) in [7, 11) is -4.05. The average molecular weight is 591 g/mol. The molecule has 4 aromatic rings. The number of carbonyl (C=O) groups is 1. The molecule has 1 amide bonds. The second-order valence-corrected chi connectivity index (χ2v) is 12.1. The highest BCUT2D eigenvalue weighted by Crippen LogP contribution is 2.27. The molecule has 0 aliphatic rings. The van der Waals surface area contributed by atoms with Crippen LogP contribution in [0.2, 0.25) is 0 Å². The van der Waals surface area contributed by atoms with Gasteiger partial charge in [-0.2, -0.15) is 5.10 Å². The first-order chi connectivity index (χ1) is 19.6. The average Bonchev–Trinajstić information content (AvgIpc) is 3.25. The van der Waals surface area contributed by atoms with Crippen molar-refractivity contribution in [3.05, 3.63) is 101 Å². The Morgan fingerprint density at radius 2 is 1.71 bits per heavy atom. The standard InChI is InChI=1S/C31H34N4O4S2/c1-6-39-27-13-11-26(12-14-27)34(41(37,38)29-17-15-28(40-5)16-18-29)21-31(36)33-32-20-25-19-23(3)35(24(25)4)30-10-8-7-9-22(30)2/h7-20H,6,21H2,1-5H3,(H,33,36)/b32-20+. The van der Waals surface area contributed by atoms with Gasteiger partial charge in [-0.15, -0.1) is 11.8 Å². The number of ether oxygens (including phenoxy) is 1. The quantitative estimate of drug-likeness (QED) is 0.134. The molecule has 1 aromatic heterocycles. The molecule has 10 heteroatoms. The van der Waals surface area contributed by atoms with Crippen LogP contribution in [-0.2, 0) is 14.8 Å². The number of carbonyl (C=O) groups excluding carboxylic acids is 1. The Morgan fingerprint density at radius 3 is 2.34 bits per heavy atom. The molecule has 0 atom stereocenters. The van der Waals surface area contributed by atoms with Gasteiger partial charge in [0, 0.05) is 27.5 Å². The van der Waals surface area contributed by atoms with Gasteiger partial charge in [-0.1, -0.05) is 18.2 Å². The van der Waals surface area contributed by atoms with Crippen molar-refractivity contribution in [1.82, 2.24) is 9.99 Å². The first-order valence-corrected chi connectivity index (χ1v) is 15.8. The minimum atomic E-state index is -4.05. The van der Waals surface area contributed by atoms with Gasteiger partial charge in [0.15, 0.2) is 0 Å². The molecule has 0 radical (unpaired) electrons. The van der Waals surface area contributed by atoms with Crippen molar-refractivity contribution in [1.29, 1.82) is 0 Å². The molecule has 0 saturated heterocycles. The summed E-state index contributed by atoms with van der Waals surface area (Å²) in [6, 6.07) is 23.3. The first-order valence-electron chi connectivity index (χ1n) is 13.1. The van der Waals surface area contributed by atoms with Crippen LogP contribution >= 0.6 is 11.8 Å². The summed E-state index contributed by atoms with van der Waals surface area (Å²) in [6.07, 6.45) is 3.49. The Bertz CT molecular complexity index is 1640. The Labute approximate surface area is 246 Å². The van der Waals surface area contributed by atoms with Crippen LogP contribution in [0.15, 0.2) is 93.8 Å². The number of rotatable bonds is 11. The third kappa shape index (κ3) is 6.83. The number of aryl methyl sites for hydroxylation is 2. The number of nitrogens with one attached hydrogen (secondary N) is 1. The van der Waals surface area contributed by atoms with Crippen LogP contribution in [0.3, 0.4) is 0 Å². The van der Waals surface area contributed by atoms with Gasteiger partial charge < -0.3 is 9.30 Å². The Balaban J connectivity index is 1.56. The molecule has 1 N–H and O–H groups in total. The van der Waals surface area contributed by atoms with Crippen LogP contribution in [0, 0.1) is 20.8 Å². The lowest BCUT2D eigenvalue weighted by atomic mass is 10.2. The zero-order chi connectivity index (χ0) is 29.6. The second kappa shape index (κ2) is 13.1. The van der Waals surface area contributed by atoms with Crippen LogP contribution in [0.25, 0.3) is 5.69 Å². The van der Waals surface area contributed by atoms with Crippen molar-refractivity contribution in [2.75, 3.05) is 23.7 Å². The molecular formula is C31H34N4O4S2. The number of para-hydroxylation sites is 1. The van der Waals surface area contributed by atoms with Crippen LogP contribution < -0.4 is 14.5 Å². The van der Waals surface area contributed by atoms with E-state index < -0.39 is 22.5 Å². The summed E-state index contributed by atoms with van der Waals surface area (Å²) >= 11 is 1.52. The zero-order valence-electron chi connectivity index (χ0n) is 23.8. The van der Waals surface area contributed by atoms with E-state index in [0.29, 0.717) is 18.0 Å². The number of nitrogens with zero attached hydrogens (tertiary/aromatic N) is 3. The predicted molar refractivity (Wildman–Crippen MR) is 166 cm³/mol. The van der Waals surface area contributed by atoms with E-state index in [2.05, 4.69) is 34.2 Å². The number of sulfonamides is 1. The zero-order valence-corrected chi connectivity index (χ0v) is 25.4. The third-order valence-electron chi connectivity index (χ3n) is 6.59. The fraction of sp³-hybridized carbons (Fsp3) is 0.226. The highest BCUT2D eigenvalue weighted by molar-refractivity contribution is 7.98. The second-order valence-electron chi connectivity index (χ2n) is 9.36. The molecule has 0 spiro atoms. The molecule has 0 fully saturated rings. The molecule has 41 heavy (non-hydrogen) atoms. The molecule has 0 bridgehead atoms. The summed E-state index contributed by atoms with van der Waals surface area (Å²) in [5.74, 6) is 0.0300. The molecule has 4 rings (SSSR count). The molecule has 0 saturated carbocycles. The SMILES string of the molecule is CCOc1ccc(N(CC(=O)N/N=C/c2cc(C)n(-c3ccccc3C)c2C)S(=O)(=O)c2ccc(SC)cc2)cc1. The summed E-state index contributed by atoms with van der Waals surface area (Å²) in [5, 5.41) is 4.15. The summed E-state index contributed by atoms with van der Waals surface area (Å²) in [4.78, 5) is 14.0. The fourth-order valence-electron chi connectivity index (χ4n) is 4.51. The van der Waals surface area contributed by atoms with Crippen molar-refractivity contribution in [2.24, 2.45) is 5.10 Å². The molecule has 3 aromatic carbocycles. The maximum atomic E-state index is 13.7. The van der Waals surface area contributed by atoms with Crippen LogP contribution in [0.4, 0.5) is 5.69 Å². The molecule has 0 unspecified atom stereocenters. The summed E-state index contributed by atoms with van der Waals surface area (Å²) < 4.78 is 36.1. The highest BCUT2D eigenvalue weighted by atomic mass is 32.2. The number of hydrogen-bond donors (Lipinski definition) is 1. The van der Waals surface area contributed by atoms with Gasteiger partial charge in [-0.3, -0.25) is 9.10 Å². The molecule has 0 aliphatic carbocycles. The van der Waals surface area contributed by atoms with Gasteiger partial charge in [-0.05, 0) is 100 Å². The van der Waals surface area contributed by atoms with Crippen molar-refractivity contribution < 1.29 is 17.9 Å². The van der Waals surface area contributed by atoms with E-state index in [9.17, 15) is 13.2 Å². The van der Waals surface area contributed by atoms with Gasteiger partial charge in [0.05, 0.1) is 23.4 Å². The van der Waals surface area contributed by atoms with E-state index >= 15 is 0 Å². The lowest BCUT2D eigenvalue weighted by Crippen LogP contribution is -2.39. The van der Waals surface area contributed by atoms with Crippen LogP contribution in [-0.4, -0.2) is 44.5 Å². The molecule has 8 nitrogen and oxygen atoms in total. The van der Waals surface area contributed by atoms with Crippen molar-refractivity contribution in [3.63, 3.8) is 0 Å². The molecule has 1 heterocycles. The third-order valence-corrected chi connectivity index (χ3v) is 9.12. The topological polar surface area (TPSA) is 93.0 Å². The minimum absolute atomic E-state index is 0.0872. The normalized spacial score (nSPS) is 11.5. The van der Waals surface area contributed by atoms with Gasteiger partial charge in [-0.25, -0.2) is 13.8 Å². The summed E-state index contributed by atoms with van der Waals surface area (Å²) in [5.41, 5.74) is 7.91. The van der Waals surface area contributed by atoms with E-state index in [1.807, 2.05) is 45.2 Å². The highest BCUT2D eigenvalue weighted by Gasteiger charge is 2.27. The maximum absolute atomic E-state index is 13.7. The van der Waals surface area contributed by atoms with Gasteiger partial charge in [0.2, 0.25) is 0 Å². The number of benzene rings is 3. The lowest BCUT2D eigenvalue weighted by molar-refractivity contribution is -0.119. The minimum Gasteiger partial charge on any atom is -0.494 e. The van der Waals surface area contributed by atoms with Gasteiger partial charge in [0.25, 0.3) is 15.9 Å². The monoisotopic (exact) mass is 590 g/mol. The van der Waals surface area contributed by atoms with E-state index in [0.717, 1.165) is 37.4 Å². The van der Waals surface area contributed by atoms with E-state index in [1.54, 1.807) is 54.7 Å². The number of anilines is 1. The van der Waals surface area contributed by atoms with E-state index in [-0.39, 0.29) is 4.90 Å². The number of amides is 1. The first kappa shape index (κ1) is 30.0. The maximum Gasteiger partial charge on any atom is 0.264 e. The number of aromatic nitrogens is 1. The Kier molecular flexibility index (Phi) is 9.57. The van der Waals surface area contributed by atoms with Crippen LogP contribution in [0.1, 0.15) is 29.4 Å². The van der Waals surface area contributed by atoms with E-state index in [1.165, 1.54) is 11.8 Å². The Hall–Kier alpha value is -4.02. The van der Waals surface area contributed by atoms with Crippen molar-refractivity contribution in [3.8, 4) is 11.4 Å². The largest absolute Gasteiger partial charge is 0.494 e. The number of thioether (sulfide) groups is 1. The fourth-order valence-corrected chi connectivity index (χ4v) is 6.34. The van der Waals surface area contributed by atoms with Crippen LogP contribution in [0.5, 0.6) is 5.75 Å². The predicted octanol–water partition coefficient (Wildman–Crippen LogP) is 5.87. The number of hydrogen-bond acceptors (Lipinski definition) is 6. The van der Waals surface area contributed by atoms with Gasteiger partial charge in [0.1, 0.15) is 12.3 Å². The van der Waals surface area contributed by atoms with Crippen molar-refractivity contribution >= 4 is 39.6 Å². The lowest BCUT2D eigenvalue weighted by Gasteiger charge is -2.24. The van der Waals surface area contributed by atoms with Crippen molar-refractivity contribution in [2.45, 2.75) is 37.5 Å². The molecule has 214 valence electrons. The number of hydrazone groups is 1. The Morgan fingerprint density at radius 1 is 1.02 bits per heavy atom.